The van der Waals surface area contributed by atoms with E-state index in [0.29, 0.717) is 22.3 Å². The van der Waals surface area contributed by atoms with Gasteiger partial charge in [0.05, 0.1) is 0 Å². The highest BCUT2D eigenvalue weighted by atomic mass is 16.8. The molecule has 0 bridgehead atoms. The van der Waals surface area contributed by atoms with Crippen LogP contribution in [0.2, 0.25) is 0 Å². The van der Waals surface area contributed by atoms with Crippen molar-refractivity contribution in [3.63, 3.8) is 0 Å². The van der Waals surface area contributed by atoms with Crippen LogP contribution in [-0.2, 0) is 85.7 Å². The summed E-state index contributed by atoms with van der Waals surface area (Å²) in [6.07, 6.45) is -11.9. The third kappa shape index (κ3) is 12.4. The Balaban J connectivity index is 1.69. The highest BCUT2D eigenvalue weighted by Gasteiger charge is 2.63. The van der Waals surface area contributed by atoms with Gasteiger partial charge < -0.3 is 56.8 Å². The summed E-state index contributed by atoms with van der Waals surface area (Å²) in [6, 6.07) is 10.1. The number of benzene rings is 2. The summed E-state index contributed by atoms with van der Waals surface area (Å²) in [6.45, 7) is 12.7. The highest BCUT2D eigenvalue weighted by Crippen LogP contribution is 2.41. The number of nitrogens with two attached hydrogens (primary N) is 1. The van der Waals surface area contributed by atoms with Crippen molar-refractivity contribution in [3.05, 3.63) is 47.5 Å². The number of esters is 8. The maximum absolute atomic E-state index is 12.5. The van der Waals surface area contributed by atoms with Gasteiger partial charge in [0, 0.05) is 55.4 Å². The van der Waals surface area contributed by atoms with Crippen LogP contribution in [0.1, 0.15) is 73.4 Å². The zero-order chi connectivity index (χ0) is 47.8. The van der Waals surface area contributed by atoms with Crippen molar-refractivity contribution < 1.29 is 95.2 Å². The molecule has 4 rings (SSSR count). The Kier molecular flexibility index (Phi) is 16.4. The average molecular weight is 904 g/mol. The van der Waals surface area contributed by atoms with Crippen molar-refractivity contribution in [1.29, 1.82) is 0 Å². The number of rotatable bonds is 15. The Morgan fingerprint density at radius 2 is 0.922 bits per heavy atom. The second-order valence-electron chi connectivity index (χ2n) is 15.2. The fourth-order valence-electron chi connectivity index (χ4n) is 7.17. The first-order chi connectivity index (χ1) is 29.8. The molecule has 2 aromatic rings. The van der Waals surface area contributed by atoms with Crippen LogP contribution < -0.4 is 15.2 Å². The van der Waals surface area contributed by atoms with Gasteiger partial charge in [-0.25, -0.2) is 0 Å². The lowest BCUT2D eigenvalue weighted by molar-refractivity contribution is -0.325. The van der Waals surface area contributed by atoms with E-state index in [2.05, 4.69) is 0 Å². The quantitative estimate of drug-likeness (QED) is 0.153. The van der Waals surface area contributed by atoms with Gasteiger partial charge in [0.1, 0.15) is 36.9 Å². The van der Waals surface area contributed by atoms with Gasteiger partial charge in [0.25, 0.3) is 12.0 Å². The van der Waals surface area contributed by atoms with Gasteiger partial charge >= 0.3 is 47.8 Å². The van der Waals surface area contributed by atoms with Gasteiger partial charge in [-0.3, -0.25) is 44.1 Å². The van der Waals surface area contributed by atoms with Gasteiger partial charge in [-0.2, -0.15) is 0 Å². The Hall–Kier alpha value is -6.32. The van der Waals surface area contributed by atoms with E-state index in [1.165, 1.54) is 6.92 Å². The maximum Gasteiger partial charge on any atom is 0.304 e. The molecule has 0 unspecified atom stereocenters. The number of carbonyl (C=O) groups is 8. The molecular weight excluding hydrogens is 850 g/mol. The first kappa shape index (κ1) is 50.3. The molecule has 64 heavy (non-hydrogen) atoms. The topological polar surface area (TPSA) is 273 Å². The summed E-state index contributed by atoms with van der Waals surface area (Å²) in [5, 5.41) is 0. The summed E-state index contributed by atoms with van der Waals surface area (Å²) in [7, 11) is 0. The monoisotopic (exact) mass is 903 g/mol. The van der Waals surface area contributed by atoms with Gasteiger partial charge in [-0.15, -0.1) is 0 Å². The predicted octanol–water partition coefficient (Wildman–Crippen LogP) is 2.57. The Morgan fingerprint density at radius 3 is 1.31 bits per heavy atom. The molecule has 2 heterocycles. The minimum Gasteiger partial charge on any atom is -0.463 e. The summed E-state index contributed by atoms with van der Waals surface area (Å²) in [5.41, 5.74) is 4.74. The number of ether oxygens (including phenoxy) is 12. The van der Waals surface area contributed by atoms with Crippen LogP contribution in [0.25, 0.3) is 11.1 Å². The van der Waals surface area contributed by atoms with Gasteiger partial charge in [-0.1, -0.05) is 12.1 Å². The summed E-state index contributed by atoms with van der Waals surface area (Å²) < 4.78 is 68.3. The van der Waals surface area contributed by atoms with E-state index in [9.17, 15) is 38.4 Å². The standard InChI is InChI=1S/C43H53NO20/c1-20-16-30(12-14-32(20)59-40-42(11,63-28(9)51)38(57-26(7)49)36(55-24(5)47)34(61-40)18-53-22(3)45)31-13-15-33(21(2)17-31)60-41-43(44,64-29(10)52)39(58-27(8)50)37(56-25(6)48)35(62-41)19-54-23(4)46/h12-17,34-41H,18-19,44H2,1-11H3/t34-,35-,36-,37-,38+,39+,40+,41+,42+,43+/m1/s1. The van der Waals surface area contributed by atoms with E-state index >= 15 is 0 Å². The molecule has 2 fully saturated rings. The fraction of sp³-hybridized carbons (Fsp3) is 0.535. The molecule has 0 saturated carbocycles. The molecule has 2 saturated heterocycles. The molecule has 2 aliphatic heterocycles. The lowest BCUT2D eigenvalue weighted by atomic mass is 9.87. The smallest absolute Gasteiger partial charge is 0.304 e. The Bertz CT molecular complexity index is 1970. The van der Waals surface area contributed by atoms with Crippen LogP contribution in [0.4, 0.5) is 0 Å². The van der Waals surface area contributed by atoms with Crippen LogP contribution >= 0.6 is 0 Å². The zero-order valence-electron chi connectivity index (χ0n) is 37.2. The van der Waals surface area contributed by atoms with E-state index in [0.717, 1.165) is 55.4 Å². The number of hydrogen-bond donors (Lipinski definition) is 1. The molecule has 2 N–H and O–H groups in total. The summed E-state index contributed by atoms with van der Waals surface area (Å²) >= 11 is 0. The van der Waals surface area contributed by atoms with Crippen LogP contribution in [0.3, 0.4) is 0 Å². The van der Waals surface area contributed by atoms with Gasteiger partial charge in [0.2, 0.25) is 18.0 Å². The Morgan fingerprint density at radius 1 is 0.531 bits per heavy atom. The number of aryl methyl sites for hydroxylation is 2. The van der Waals surface area contributed by atoms with Crippen LogP contribution in [0.5, 0.6) is 11.5 Å². The van der Waals surface area contributed by atoms with Gasteiger partial charge in [0.15, 0.2) is 18.3 Å². The normalized spacial score (nSPS) is 27.4. The first-order valence-electron chi connectivity index (χ1n) is 19.8. The molecule has 2 aliphatic rings. The van der Waals surface area contributed by atoms with Crippen molar-refractivity contribution in [2.75, 3.05) is 13.2 Å². The molecule has 0 aromatic heterocycles. The molecule has 2 aromatic carbocycles. The average Bonchev–Trinajstić information content (AvgIpc) is 3.16. The molecule has 0 aliphatic carbocycles. The second kappa shape index (κ2) is 20.9. The second-order valence-corrected chi connectivity index (χ2v) is 15.2. The van der Waals surface area contributed by atoms with E-state index in [1.54, 1.807) is 50.2 Å². The first-order valence-corrected chi connectivity index (χ1v) is 19.8. The van der Waals surface area contributed by atoms with Crippen molar-refractivity contribution in [2.24, 2.45) is 5.73 Å². The fourth-order valence-corrected chi connectivity index (χ4v) is 7.17. The SMILES string of the molecule is CC(=O)OC[C@H]1O[C@H](Oc2ccc(-c3ccc(O[C@H]4O[C@H](COC(C)=O)[C@@H](OC(C)=O)[C@H](OC(C)=O)[C@]4(N)OC(C)=O)c(C)c3)cc2C)[C@@](C)(OC(C)=O)[C@@H](OC(C)=O)[C@@H]1OC(C)=O. The molecule has 0 spiro atoms. The lowest BCUT2D eigenvalue weighted by Crippen LogP contribution is -2.75. The lowest BCUT2D eigenvalue weighted by Gasteiger charge is -2.49. The molecule has 10 atom stereocenters. The molecule has 350 valence electrons. The van der Waals surface area contributed by atoms with Crippen LogP contribution in [0, 0.1) is 13.8 Å². The van der Waals surface area contributed by atoms with Crippen molar-refractivity contribution in [2.45, 2.75) is 137 Å². The van der Waals surface area contributed by atoms with E-state index in [-0.39, 0.29) is 11.5 Å². The van der Waals surface area contributed by atoms with E-state index < -0.39 is 121 Å². The summed E-state index contributed by atoms with van der Waals surface area (Å²) in [4.78, 5) is 97.6. The van der Waals surface area contributed by atoms with Crippen molar-refractivity contribution >= 4 is 47.8 Å². The van der Waals surface area contributed by atoms with E-state index in [1.807, 2.05) is 0 Å². The number of hydrogen-bond acceptors (Lipinski definition) is 21. The third-order valence-electron chi connectivity index (χ3n) is 9.70. The minimum absolute atomic E-state index is 0.169. The van der Waals surface area contributed by atoms with Crippen molar-refractivity contribution in [1.82, 2.24) is 0 Å². The predicted molar refractivity (Wildman–Crippen MR) is 214 cm³/mol. The van der Waals surface area contributed by atoms with Crippen LogP contribution in [-0.4, -0.2) is 121 Å². The largest absolute Gasteiger partial charge is 0.463 e. The highest BCUT2D eigenvalue weighted by molar-refractivity contribution is 5.71. The van der Waals surface area contributed by atoms with Gasteiger partial charge in [-0.05, 0) is 67.3 Å². The van der Waals surface area contributed by atoms with Crippen LogP contribution in [0.15, 0.2) is 36.4 Å². The third-order valence-corrected chi connectivity index (χ3v) is 9.70. The summed E-state index contributed by atoms with van der Waals surface area (Å²) in [5.74, 6) is -6.00. The molecule has 0 radical (unpaired) electrons. The minimum atomic E-state index is -2.41. The maximum atomic E-state index is 12.5. The van der Waals surface area contributed by atoms with Crippen molar-refractivity contribution in [3.8, 4) is 22.6 Å². The number of carbonyl (C=O) groups excluding carboxylic acids is 8. The molecular formula is C43H53NO20. The Labute approximate surface area is 368 Å². The molecule has 0 amide bonds. The molecule has 21 heteroatoms. The molecule has 21 nitrogen and oxygen atoms in total. The van der Waals surface area contributed by atoms with E-state index in [4.69, 9.17) is 62.6 Å². The zero-order valence-corrected chi connectivity index (χ0v) is 37.2.